The summed E-state index contributed by atoms with van der Waals surface area (Å²) in [6, 6.07) is 1.24. The average Bonchev–Trinajstić information content (AvgIpc) is 2.45. The van der Waals surface area contributed by atoms with Gasteiger partial charge in [-0.3, -0.25) is 14.6 Å². The highest BCUT2D eigenvalue weighted by Gasteiger charge is 2.38. The van der Waals surface area contributed by atoms with Gasteiger partial charge in [-0.15, -0.1) is 0 Å². The largest absolute Gasteiger partial charge is 0.343 e. The van der Waals surface area contributed by atoms with Crippen LogP contribution >= 0.6 is 0 Å². The first-order chi connectivity index (χ1) is 10.1. The predicted octanol–water partition coefficient (Wildman–Crippen LogP) is 1.80. The lowest BCUT2D eigenvalue weighted by atomic mass is 10.0. The molecule has 1 aliphatic heterocycles. The lowest BCUT2D eigenvalue weighted by Crippen LogP contribution is -2.62. The van der Waals surface area contributed by atoms with Crippen molar-refractivity contribution < 1.29 is 9.59 Å². The molecule has 5 heteroatoms. The van der Waals surface area contributed by atoms with Crippen LogP contribution in [0.3, 0.4) is 0 Å². The molecule has 5 nitrogen and oxygen atoms in total. The Hall–Kier alpha value is -1.91. The van der Waals surface area contributed by atoms with E-state index in [4.69, 9.17) is 0 Å². The molecule has 1 aromatic heterocycles. The normalized spacial score (nSPS) is 22.3. The Labute approximate surface area is 125 Å². The predicted molar refractivity (Wildman–Crippen MR) is 80.4 cm³/mol. The van der Waals surface area contributed by atoms with Crippen molar-refractivity contribution in [1.29, 1.82) is 0 Å². The average molecular weight is 289 g/mol. The zero-order chi connectivity index (χ0) is 15.4. The molecular weight excluding hydrogens is 266 g/mol. The monoisotopic (exact) mass is 289 g/mol. The molecular formula is C16H23N3O2. The van der Waals surface area contributed by atoms with Crippen molar-refractivity contribution in [3.05, 3.63) is 29.6 Å². The Kier molecular flexibility index (Phi) is 4.94. The van der Waals surface area contributed by atoms with Crippen LogP contribution in [0.1, 0.15) is 44.2 Å². The van der Waals surface area contributed by atoms with Crippen LogP contribution in [0.15, 0.2) is 18.5 Å². The topological polar surface area (TPSA) is 62.3 Å². The zero-order valence-electron chi connectivity index (χ0n) is 12.9. The van der Waals surface area contributed by atoms with Crippen molar-refractivity contribution in [2.24, 2.45) is 0 Å². The number of pyridine rings is 1. The second kappa shape index (κ2) is 6.70. The molecule has 2 heterocycles. The van der Waals surface area contributed by atoms with Gasteiger partial charge in [-0.2, -0.15) is 0 Å². The summed E-state index contributed by atoms with van der Waals surface area (Å²) in [7, 11) is 0. The molecule has 114 valence electrons. The number of nitrogens with zero attached hydrogens (tertiary/aromatic N) is 2. The molecule has 0 saturated carbocycles. The molecule has 1 fully saturated rings. The second-order valence-electron chi connectivity index (χ2n) is 5.61. The number of aryl methyl sites for hydroxylation is 1. The molecule has 1 aromatic rings. The quantitative estimate of drug-likeness (QED) is 0.899. The summed E-state index contributed by atoms with van der Waals surface area (Å²) < 4.78 is 0. The molecule has 0 radical (unpaired) electrons. The number of rotatable bonds is 5. The summed E-state index contributed by atoms with van der Waals surface area (Å²) in [5.74, 6) is -0.0269. The summed E-state index contributed by atoms with van der Waals surface area (Å²) in [4.78, 5) is 30.7. The molecule has 0 spiro atoms. The fraction of sp³-hybridized carbons (Fsp3) is 0.562. The third-order valence-corrected chi connectivity index (χ3v) is 3.83. The van der Waals surface area contributed by atoms with Crippen molar-refractivity contribution in [3.63, 3.8) is 0 Å². The highest BCUT2D eigenvalue weighted by molar-refractivity contribution is 5.96. The minimum atomic E-state index is -0.386. The number of aromatic nitrogens is 1. The summed E-state index contributed by atoms with van der Waals surface area (Å²) in [6.07, 6.45) is 5.71. The third-order valence-electron chi connectivity index (χ3n) is 3.83. The Morgan fingerprint density at radius 3 is 2.67 bits per heavy atom. The lowest BCUT2D eigenvalue weighted by Gasteiger charge is -2.38. The van der Waals surface area contributed by atoms with E-state index in [2.05, 4.69) is 10.3 Å². The van der Waals surface area contributed by atoms with Gasteiger partial charge in [0, 0.05) is 18.9 Å². The standard InChI is InChI=1S/C16H23N3O2/c1-4-6-13-16(21)19(14(5-2)15(20)18-13)10-12-7-11(3)8-17-9-12/h7-9,13-14H,4-6,10H2,1-3H3,(H,18,20). The number of hydrogen-bond donors (Lipinski definition) is 1. The van der Waals surface area contributed by atoms with E-state index in [0.717, 1.165) is 17.5 Å². The first-order valence-electron chi connectivity index (χ1n) is 7.58. The maximum Gasteiger partial charge on any atom is 0.246 e. The van der Waals surface area contributed by atoms with Gasteiger partial charge in [0.15, 0.2) is 0 Å². The first-order valence-corrected chi connectivity index (χ1v) is 7.58. The van der Waals surface area contributed by atoms with E-state index >= 15 is 0 Å². The van der Waals surface area contributed by atoms with Crippen molar-refractivity contribution in [2.75, 3.05) is 0 Å². The molecule has 2 amide bonds. The van der Waals surface area contributed by atoms with E-state index in [1.165, 1.54) is 0 Å². The highest BCUT2D eigenvalue weighted by atomic mass is 16.2. The van der Waals surface area contributed by atoms with E-state index in [0.29, 0.717) is 19.4 Å². The summed E-state index contributed by atoms with van der Waals surface area (Å²) in [6.45, 7) is 6.36. The number of amides is 2. The smallest absolute Gasteiger partial charge is 0.246 e. The van der Waals surface area contributed by atoms with Crippen LogP contribution < -0.4 is 5.32 Å². The SMILES string of the molecule is CCCC1NC(=O)C(CC)N(Cc2cncc(C)c2)C1=O. The maximum atomic E-state index is 12.6. The van der Waals surface area contributed by atoms with Gasteiger partial charge in [0.05, 0.1) is 0 Å². The molecule has 2 unspecified atom stereocenters. The van der Waals surface area contributed by atoms with Crippen LogP contribution in [0, 0.1) is 6.92 Å². The van der Waals surface area contributed by atoms with Gasteiger partial charge in [-0.05, 0) is 30.9 Å². The Bertz CT molecular complexity index is 530. The Morgan fingerprint density at radius 1 is 1.29 bits per heavy atom. The van der Waals surface area contributed by atoms with Crippen LogP contribution in [0.2, 0.25) is 0 Å². The molecule has 1 saturated heterocycles. The van der Waals surface area contributed by atoms with Gasteiger partial charge >= 0.3 is 0 Å². The third kappa shape index (κ3) is 3.40. The second-order valence-corrected chi connectivity index (χ2v) is 5.61. The van der Waals surface area contributed by atoms with E-state index in [1.807, 2.05) is 26.8 Å². The number of piperazine rings is 1. The van der Waals surface area contributed by atoms with Gasteiger partial charge in [0.1, 0.15) is 12.1 Å². The van der Waals surface area contributed by atoms with Crippen LogP contribution in [0.25, 0.3) is 0 Å². The molecule has 0 aromatic carbocycles. The number of hydrogen-bond acceptors (Lipinski definition) is 3. The number of carbonyl (C=O) groups is 2. The first kappa shape index (κ1) is 15.5. The molecule has 21 heavy (non-hydrogen) atoms. The van der Waals surface area contributed by atoms with E-state index in [-0.39, 0.29) is 23.9 Å². The van der Waals surface area contributed by atoms with Crippen LogP contribution in [0.5, 0.6) is 0 Å². The van der Waals surface area contributed by atoms with Crippen LogP contribution in [0.4, 0.5) is 0 Å². The molecule has 0 bridgehead atoms. The Morgan fingerprint density at radius 2 is 2.05 bits per heavy atom. The van der Waals surface area contributed by atoms with Crippen molar-refractivity contribution in [1.82, 2.24) is 15.2 Å². The van der Waals surface area contributed by atoms with Crippen molar-refractivity contribution in [3.8, 4) is 0 Å². The van der Waals surface area contributed by atoms with Crippen LogP contribution in [-0.4, -0.2) is 33.8 Å². The minimum Gasteiger partial charge on any atom is -0.343 e. The van der Waals surface area contributed by atoms with Crippen LogP contribution in [-0.2, 0) is 16.1 Å². The Balaban J connectivity index is 2.23. The summed E-state index contributed by atoms with van der Waals surface area (Å²) in [5.41, 5.74) is 2.02. The lowest BCUT2D eigenvalue weighted by molar-refractivity contribution is -0.150. The summed E-state index contributed by atoms with van der Waals surface area (Å²) >= 11 is 0. The van der Waals surface area contributed by atoms with Crippen molar-refractivity contribution in [2.45, 2.75) is 58.7 Å². The van der Waals surface area contributed by atoms with Gasteiger partial charge < -0.3 is 10.2 Å². The van der Waals surface area contributed by atoms with Gasteiger partial charge in [0.2, 0.25) is 11.8 Å². The van der Waals surface area contributed by atoms with Gasteiger partial charge in [-0.25, -0.2) is 0 Å². The fourth-order valence-electron chi connectivity index (χ4n) is 2.80. The molecule has 2 atom stereocenters. The molecule has 0 aliphatic carbocycles. The van der Waals surface area contributed by atoms with Gasteiger partial charge in [-0.1, -0.05) is 26.3 Å². The zero-order valence-corrected chi connectivity index (χ0v) is 12.9. The number of nitrogens with one attached hydrogen (secondary N) is 1. The summed E-state index contributed by atoms with van der Waals surface area (Å²) in [5, 5.41) is 2.85. The molecule has 1 N–H and O–H groups in total. The maximum absolute atomic E-state index is 12.6. The van der Waals surface area contributed by atoms with Gasteiger partial charge in [0.25, 0.3) is 0 Å². The number of carbonyl (C=O) groups excluding carboxylic acids is 2. The van der Waals surface area contributed by atoms with E-state index in [1.54, 1.807) is 17.3 Å². The molecule has 2 rings (SSSR count). The fourth-order valence-corrected chi connectivity index (χ4v) is 2.80. The highest BCUT2D eigenvalue weighted by Crippen LogP contribution is 2.19. The molecule has 1 aliphatic rings. The van der Waals surface area contributed by atoms with E-state index < -0.39 is 0 Å². The van der Waals surface area contributed by atoms with Crippen molar-refractivity contribution >= 4 is 11.8 Å². The van der Waals surface area contributed by atoms with E-state index in [9.17, 15) is 9.59 Å². The minimum absolute atomic E-state index is 0.0183.